The predicted octanol–water partition coefficient (Wildman–Crippen LogP) is 5.49. The van der Waals surface area contributed by atoms with Crippen LogP contribution >= 0.6 is 0 Å². The van der Waals surface area contributed by atoms with Gasteiger partial charge in [-0.25, -0.2) is 0 Å². The van der Waals surface area contributed by atoms with Crippen molar-refractivity contribution in [2.24, 2.45) is 0 Å². The van der Waals surface area contributed by atoms with E-state index in [0.717, 1.165) is 30.1 Å². The number of rotatable bonds is 7. The first-order valence-corrected chi connectivity index (χ1v) is 7.90. The molecule has 0 bridgehead atoms. The highest BCUT2D eigenvalue weighted by Crippen LogP contribution is 2.23. The number of hydrogen-bond acceptors (Lipinski definition) is 2. The van der Waals surface area contributed by atoms with Crippen molar-refractivity contribution in [1.82, 2.24) is 0 Å². The quantitative estimate of drug-likeness (QED) is 0.537. The molecule has 0 saturated carbocycles. The topological polar surface area (TPSA) is 18.5 Å². The summed E-state index contributed by atoms with van der Waals surface area (Å²) in [5.74, 6) is 2.52. The Morgan fingerprint density at radius 1 is 0.565 bits per heavy atom. The van der Waals surface area contributed by atoms with Gasteiger partial charge in [0.2, 0.25) is 0 Å². The molecule has 0 heterocycles. The molecular weight excluding hydrogens is 284 g/mol. The maximum Gasteiger partial charge on any atom is 0.127 e. The van der Waals surface area contributed by atoms with Gasteiger partial charge >= 0.3 is 0 Å². The first kappa shape index (κ1) is 15.2. The van der Waals surface area contributed by atoms with Crippen LogP contribution in [0.2, 0.25) is 0 Å². The van der Waals surface area contributed by atoms with E-state index in [0.29, 0.717) is 6.61 Å². The van der Waals surface area contributed by atoms with Crippen molar-refractivity contribution in [3.63, 3.8) is 0 Å². The van der Waals surface area contributed by atoms with Crippen molar-refractivity contribution in [2.45, 2.75) is 12.8 Å². The van der Waals surface area contributed by atoms with E-state index in [1.165, 1.54) is 5.56 Å². The smallest absolute Gasteiger partial charge is 0.127 e. The SMILES string of the molecule is c1ccc(CCCOc2ccc(Oc3ccccc3)cc2)cc1. The van der Waals surface area contributed by atoms with E-state index >= 15 is 0 Å². The number of para-hydroxylation sites is 1. The molecule has 0 aromatic heterocycles. The molecular formula is C21H20O2. The van der Waals surface area contributed by atoms with Gasteiger partial charge in [-0.2, -0.15) is 0 Å². The maximum absolute atomic E-state index is 5.78. The van der Waals surface area contributed by atoms with Gasteiger partial charge in [-0.3, -0.25) is 0 Å². The van der Waals surface area contributed by atoms with Crippen LogP contribution in [0, 0.1) is 0 Å². The van der Waals surface area contributed by atoms with Gasteiger partial charge in [-0.1, -0.05) is 48.5 Å². The first-order chi connectivity index (χ1) is 11.4. The molecule has 3 aromatic carbocycles. The maximum atomic E-state index is 5.78. The molecule has 2 heteroatoms. The van der Waals surface area contributed by atoms with Crippen LogP contribution in [0.15, 0.2) is 84.9 Å². The average molecular weight is 304 g/mol. The van der Waals surface area contributed by atoms with Crippen LogP contribution in [0.25, 0.3) is 0 Å². The fourth-order valence-electron chi connectivity index (χ4n) is 2.34. The molecule has 2 nitrogen and oxygen atoms in total. The number of ether oxygens (including phenoxy) is 2. The Kier molecular flexibility index (Phi) is 5.30. The van der Waals surface area contributed by atoms with Gasteiger partial charge in [0.15, 0.2) is 0 Å². The van der Waals surface area contributed by atoms with Crippen molar-refractivity contribution in [1.29, 1.82) is 0 Å². The summed E-state index contributed by atoms with van der Waals surface area (Å²) in [4.78, 5) is 0. The Morgan fingerprint density at radius 2 is 1.13 bits per heavy atom. The Balaban J connectivity index is 1.44. The molecule has 0 N–H and O–H groups in total. The molecule has 0 aliphatic rings. The van der Waals surface area contributed by atoms with Gasteiger partial charge in [-0.05, 0) is 54.8 Å². The number of benzene rings is 3. The van der Waals surface area contributed by atoms with Crippen LogP contribution in [0.5, 0.6) is 17.2 Å². The molecule has 0 aliphatic carbocycles. The van der Waals surface area contributed by atoms with Gasteiger partial charge in [0.25, 0.3) is 0 Å². The highest BCUT2D eigenvalue weighted by Gasteiger charge is 1.99. The fourth-order valence-corrected chi connectivity index (χ4v) is 2.34. The second-order valence-electron chi connectivity index (χ2n) is 5.32. The molecule has 3 rings (SSSR count). The zero-order valence-electron chi connectivity index (χ0n) is 13.0. The lowest BCUT2D eigenvalue weighted by atomic mass is 10.1. The molecule has 116 valence electrons. The van der Waals surface area contributed by atoms with Gasteiger partial charge in [0.05, 0.1) is 6.61 Å². The monoisotopic (exact) mass is 304 g/mol. The largest absolute Gasteiger partial charge is 0.494 e. The van der Waals surface area contributed by atoms with Crippen molar-refractivity contribution in [3.05, 3.63) is 90.5 Å². The number of aryl methyl sites for hydroxylation is 1. The molecule has 0 spiro atoms. The van der Waals surface area contributed by atoms with Crippen LogP contribution in [0.4, 0.5) is 0 Å². The van der Waals surface area contributed by atoms with Crippen LogP contribution in [0.1, 0.15) is 12.0 Å². The molecule has 0 radical (unpaired) electrons. The zero-order valence-corrected chi connectivity index (χ0v) is 13.0. The van der Waals surface area contributed by atoms with Crippen LogP contribution in [0.3, 0.4) is 0 Å². The molecule has 0 aliphatic heterocycles. The minimum Gasteiger partial charge on any atom is -0.494 e. The van der Waals surface area contributed by atoms with Crippen molar-refractivity contribution in [2.75, 3.05) is 6.61 Å². The summed E-state index contributed by atoms with van der Waals surface area (Å²) in [6.45, 7) is 0.716. The van der Waals surface area contributed by atoms with E-state index in [4.69, 9.17) is 9.47 Å². The lowest BCUT2D eigenvalue weighted by Crippen LogP contribution is -1.99. The van der Waals surface area contributed by atoms with E-state index in [9.17, 15) is 0 Å². The minimum absolute atomic E-state index is 0.716. The van der Waals surface area contributed by atoms with Crippen LogP contribution in [-0.2, 0) is 6.42 Å². The first-order valence-electron chi connectivity index (χ1n) is 7.90. The number of hydrogen-bond donors (Lipinski definition) is 0. The summed E-state index contributed by atoms with van der Waals surface area (Å²) < 4.78 is 11.5. The Labute approximate surface area is 137 Å². The molecule has 0 saturated heterocycles. The third-order valence-corrected chi connectivity index (χ3v) is 3.52. The van der Waals surface area contributed by atoms with Crippen molar-refractivity contribution in [3.8, 4) is 17.2 Å². The third-order valence-electron chi connectivity index (χ3n) is 3.52. The standard InChI is InChI=1S/C21H20O2/c1-3-8-18(9-4-1)10-7-17-22-19-13-15-21(16-14-19)23-20-11-5-2-6-12-20/h1-6,8-9,11-16H,7,10,17H2. The van der Waals surface area contributed by atoms with Gasteiger partial charge in [0.1, 0.15) is 17.2 Å². The van der Waals surface area contributed by atoms with Gasteiger partial charge < -0.3 is 9.47 Å². The molecule has 0 fully saturated rings. The molecule has 23 heavy (non-hydrogen) atoms. The second-order valence-corrected chi connectivity index (χ2v) is 5.32. The summed E-state index contributed by atoms with van der Waals surface area (Å²) in [6.07, 6.45) is 2.04. The lowest BCUT2D eigenvalue weighted by molar-refractivity contribution is 0.310. The summed E-state index contributed by atoms with van der Waals surface area (Å²) in [6, 6.07) is 28.0. The zero-order chi connectivity index (χ0) is 15.7. The molecule has 0 amide bonds. The summed E-state index contributed by atoms with van der Waals surface area (Å²) in [5, 5.41) is 0. The second kappa shape index (κ2) is 8.04. The highest BCUT2D eigenvalue weighted by molar-refractivity contribution is 5.35. The Hall–Kier alpha value is -2.74. The van der Waals surface area contributed by atoms with E-state index in [-0.39, 0.29) is 0 Å². The van der Waals surface area contributed by atoms with E-state index < -0.39 is 0 Å². The molecule has 0 atom stereocenters. The lowest BCUT2D eigenvalue weighted by Gasteiger charge is -2.08. The molecule has 0 unspecified atom stereocenters. The fraction of sp³-hybridized carbons (Fsp3) is 0.143. The van der Waals surface area contributed by atoms with Crippen LogP contribution in [-0.4, -0.2) is 6.61 Å². The summed E-state index contributed by atoms with van der Waals surface area (Å²) >= 11 is 0. The highest BCUT2D eigenvalue weighted by atomic mass is 16.5. The Bertz CT molecular complexity index is 691. The predicted molar refractivity (Wildman–Crippen MR) is 93.2 cm³/mol. The van der Waals surface area contributed by atoms with Crippen molar-refractivity contribution >= 4 is 0 Å². The molecule has 3 aromatic rings. The third kappa shape index (κ3) is 4.89. The summed E-state index contributed by atoms with van der Waals surface area (Å²) in [7, 11) is 0. The average Bonchev–Trinajstić information content (AvgIpc) is 2.62. The Morgan fingerprint density at radius 3 is 1.83 bits per heavy atom. The normalized spacial score (nSPS) is 10.3. The van der Waals surface area contributed by atoms with E-state index in [1.54, 1.807) is 0 Å². The minimum atomic E-state index is 0.716. The van der Waals surface area contributed by atoms with E-state index in [2.05, 4.69) is 24.3 Å². The van der Waals surface area contributed by atoms with Gasteiger partial charge in [0, 0.05) is 0 Å². The van der Waals surface area contributed by atoms with E-state index in [1.807, 2.05) is 60.7 Å². The van der Waals surface area contributed by atoms with Crippen LogP contribution < -0.4 is 9.47 Å². The van der Waals surface area contributed by atoms with Gasteiger partial charge in [-0.15, -0.1) is 0 Å². The summed E-state index contributed by atoms with van der Waals surface area (Å²) in [5.41, 5.74) is 1.35. The van der Waals surface area contributed by atoms with Crippen molar-refractivity contribution < 1.29 is 9.47 Å².